The summed E-state index contributed by atoms with van der Waals surface area (Å²) in [5.41, 5.74) is 0. The molecule has 0 bridgehead atoms. The molecule has 0 aromatic carbocycles. The number of piperidine rings is 2. The van der Waals surface area contributed by atoms with Crippen LogP contribution in [0.1, 0.15) is 37.1 Å². The Morgan fingerprint density at radius 2 is 1.86 bits per heavy atom. The van der Waals surface area contributed by atoms with Crippen molar-refractivity contribution < 1.29 is 4.79 Å². The van der Waals surface area contributed by atoms with Crippen LogP contribution in [0.25, 0.3) is 0 Å². The summed E-state index contributed by atoms with van der Waals surface area (Å²) >= 11 is 1.41. The molecule has 0 aliphatic carbocycles. The number of aryl methyl sites for hydroxylation is 1. The van der Waals surface area contributed by atoms with Gasteiger partial charge in [-0.1, -0.05) is 17.8 Å². The van der Waals surface area contributed by atoms with Gasteiger partial charge in [-0.25, -0.2) is 4.79 Å². The molecule has 1 N–H and O–H groups in total. The Labute approximate surface area is 129 Å². The number of carbonyl (C=O) groups is 1. The van der Waals surface area contributed by atoms with Crippen molar-refractivity contribution in [1.29, 1.82) is 0 Å². The highest BCUT2D eigenvalue weighted by molar-refractivity contribution is 7.15. The highest BCUT2D eigenvalue weighted by atomic mass is 32.1. The van der Waals surface area contributed by atoms with Gasteiger partial charge in [-0.15, -0.1) is 10.2 Å². The molecule has 2 saturated heterocycles. The summed E-state index contributed by atoms with van der Waals surface area (Å²) in [7, 11) is 0. The van der Waals surface area contributed by atoms with E-state index in [4.69, 9.17) is 0 Å². The molecule has 3 heterocycles. The van der Waals surface area contributed by atoms with Crippen molar-refractivity contribution in [3.8, 4) is 0 Å². The monoisotopic (exact) mass is 309 g/mol. The van der Waals surface area contributed by atoms with E-state index in [1.807, 2.05) is 11.8 Å². The summed E-state index contributed by atoms with van der Waals surface area (Å²) in [6.45, 7) is 6.04. The van der Waals surface area contributed by atoms with Gasteiger partial charge in [-0.3, -0.25) is 5.32 Å². The quantitative estimate of drug-likeness (QED) is 0.911. The molecule has 2 fully saturated rings. The predicted molar refractivity (Wildman–Crippen MR) is 83.7 cm³/mol. The summed E-state index contributed by atoms with van der Waals surface area (Å²) in [4.78, 5) is 16.7. The van der Waals surface area contributed by atoms with Crippen molar-refractivity contribution in [3.05, 3.63) is 5.01 Å². The summed E-state index contributed by atoms with van der Waals surface area (Å²) in [5, 5.41) is 12.2. The van der Waals surface area contributed by atoms with Gasteiger partial charge in [-0.05, 0) is 45.7 Å². The fraction of sp³-hybridized carbons (Fsp3) is 0.786. The van der Waals surface area contributed by atoms with Crippen molar-refractivity contribution in [2.24, 2.45) is 0 Å². The highest BCUT2D eigenvalue weighted by Crippen LogP contribution is 2.21. The van der Waals surface area contributed by atoms with Gasteiger partial charge >= 0.3 is 6.03 Å². The second-order valence-corrected chi connectivity index (χ2v) is 7.05. The van der Waals surface area contributed by atoms with Gasteiger partial charge in [0.15, 0.2) is 0 Å². The topological polar surface area (TPSA) is 61.4 Å². The number of nitrogens with one attached hydrogen (secondary N) is 1. The highest BCUT2D eigenvalue weighted by Gasteiger charge is 2.27. The number of carbonyl (C=O) groups excluding carboxylic acids is 1. The molecule has 116 valence electrons. The Balaban J connectivity index is 1.47. The van der Waals surface area contributed by atoms with Crippen LogP contribution in [0.4, 0.5) is 9.93 Å². The summed E-state index contributed by atoms with van der Waals surface area (Å²) in [6.07, 6.45) is 6.21. The van der Waals surface area contributed by atoms with Crippen LogP contribution in [0.3, 0.4) is 0 Å². The molecular weight excluding hydrogens is 286 g/mol. The molecule has 6 nitrogen and oxygen atoms in total. The largest absolute Gasteiger partial charge is 0.324 e. The fourth-order valence-corrected chi connectivity index (χ4v) is 3.82. The Bertz CT molecular complexity index is 477. The smallest absolute Gasteiger partial charge is 0.323 e. The first-order chi connectivity index (χ1) is 10.2. The number of hydrogen-bond donors (Lipinski definition) is 1. The van der Waals surface area contributed by atoms with Crippen molar-refractivity contribution in [2.75, 3.05) is 31.5 Å². The lowest BCUT2D eigenvalue weighted by molar-refractivity contribution is 0.104. The third-order valence-electron chi connectivity index (χ3n) is 4.40. The molecule has 7 heteroatoms. The lowest BCUT2D eigenvalue weighted by atomic mass is 10.0. The van der Waals surface area contributed by atoms with Gasteiger partial charge in [0.05, 0.1) is 0 Å². The van der Waals surface area contributed by atoms with Crippen molar-refractivity contribution >= 4 is 22.5 Å². The minimum absolute atomic E-state index is 0.0387. The first kappa shape index (κ1) is 14.7. The van der Waals surface area contributed by atoms with Gasteiger partial charge in [0.2, 0.25) is 5.13 Å². The molecule has 2 aliphatic rings. The standard InChI is InChI=1S/C14H23N5OS/c1-11-16-17-13(21-11)15-14(20)19-9-5-12(6-10-19)18-7-3-2-4-8-18/h12H,2-10H2,1H3,(H,15,17,20). The lowest BCUT2D eigenvalue weighted by Gasteiger charge is -2.40. The van der Waals surface area contributed by atoms with Crippen molar-refractivity contribution in [2.45, 2.75) is 45.1 Å². The van der Waals surface area contributed by atoms with Gasteiger partial charge in [-0.2, -0.15) is 0 Å². The maximum Gasteiger partial charge on any atom is 0.323 e. The third-order valence-corrected chi connectivity index (χ3v) is 5.15. The maximum atomic E-state index is 12.2. The van der Waals surface area contributed by atoms with Crippen LogP contribution in [0.5, 0.6) is 0 Å². The SMILES string of the molecule is Cc1nnc(NC(=O)N2CCC(N3CCCCC3)CC2)s1. The van der Waals surface area contributed by atoms with Gasteiger partial charge in [0, 0.05) is 19.1 Å². The zero-order valence-corrected chi connectivity index (χ0v) is 13.4. The van der Waals surface area contributed by atoms with E-state index < -0.39 is 0 Å². The molecule has 0 spiro atoms. The fourth-order valence-electron chi connectivity index (χ4n) is 3.24. The molecule has 1 aromatic heterocycles. The van der Waals surface area contributed by atoms with E-state index in [1.165, 1.54) is 43.7 Å². The second-order valence-electron chi connectivity index (χ2n) is 5.87. The molecule has 0 atom stereocenters. The van der Waals surface area contributed by atoms with Crippen molar-refractivity contribution in [3.63, 3.8) is 0 Å². The van der Waals surface area contributed by atoms with Crippen LogP contribution >= 0.6 is 11.3 Å². The van der Waals surface area contributed by atoms with E-state index in [1.54, 1.807) is 0 Å². The second kappa shape index (κ2) is 6.70. The number of nitrogens with zero attached hydrogens (tertiary/aromatic N) is 4. The van der Waals surface area contributed by atoms with E-state index in [0.29, 0.717) is 11.2 Å². The van der Waals surface area contributed by atoms with E-state index in [9.17, 15) is 4.79 Å². The van der Waals surface area contributed by atoms with Crippen LogP contribution in [-0.4, -0.2) is 58.2 Å². The number of urea groups is 1. The minimum atomic E-state index is -0.0387. The molecule has 21 heavy (non-hydrogen) atoms. The Kier molecular flexibility index (Phi) is 4.70. The number of anilines is 1. The summed E-state index contributed by atoms with van der Waals surface area (Å²) in [5.74, 6) is 0. The van der Waals surface area contributed by atoms with Crippen LogP contribution in [0.15, 0.2) is 0 Å². The van der Waals surface area contributed by atoms with Crippen LogP contribution in [-0.2, 0) is 0 Å². The molecule has 3 rings (SSSR count). The van der Waals surface area contributed by atoms with E-state index in [2.05, 4.69) is 20.4 Å². The third kappa shape index (κ3) is 3.71. The van der Waals surface area contributed by atoms with Crippen LogP contribution in [0.2, 0.25) is 0 Å². The van der Waals surface area contributed by atoms with Crippen molar-refractivity contribution in [1.82, 2.24) is 20.0 Å². The Hall–Kier alpha value is -1.21. The zero-order valence-electron chi connectivity index (χ0n) is 12.5. The molecule has 0 unspecified atom stereocenters. The molecule has 2 aliphatic heterocycles. The first-order valence-corrected chi connectivity index (χ1v) is 8.64. The van der Waals surface area contributed by atoms with Gasteiger partial charge in [0.1, 0.15) is 5.01 Å². The normalized spacial score (nSPS) is 21.5. The van der Waals surface area contributed by atoms with Gasteiger partial charge < -0.3 is 9.80 Å². The maximum absolute atomic E-state index is 12.2. The minimum Gasteiger partial charge on any atom is -0.324 e. The molecule has 0 radical (unpaired) electrons. The van der Waals surface area contributed by atoms with Crippen LogP contribution in [0, 0.1) is 6.92 Å². The first-order valence-electron chi connectivity index (χ1n) is 7.82. The molecular formula is C14H23N5OS. The number of aromatic nitrogens is 2. The zero-order chi connectivity index (χ0) is 14.7. The number of rotatable bonds is 2. The molecule has 2 amide bonds. The lowest BCUT2D eigenvalue weighted by Crippen LogP contribution is -2.49. The number of likely N-dealkylation sites (tertiary alicyclic amines) is 2. The summed E-state index contributed by atoms with van der Waals surface area (Å²) in [6, 6.07) is 0.626. The van der Waals surface area contributed by atoms with E-state index >= 15 is 0 Å². The summed E-state index contributed by atoms with van der Waals surface area (Å²) < 4.78 is 0. The van der Waals surface area contributed by atoms with E-state index in [-0.39, 0.29) is 6.03 Å². The molecule has 0 saturated carbocycles. The Morgan fingerprint density at radius 3 is 2.48 bits per heavy atom. The Morgan fingerprint density at radius 1 is 1.14 bits per heavy atom. The number of hydrogen-bond acceptors (Lipinski definition) is 5. The predicted octanol–water partition coefficient (Wildman–Crippen LogP) is 2.33. The average molecular weight is 309 g/mol. The number of amides is 2. The van der Waals surface area contributed by atoms with E-state index in [0.717, 1.165) is 30.9 Å². The molecule has 1 aromatic rings. The van der Waals surface area contributed by atoms with Gasteiger partial charge in [0.25, 0.3) is 0 Å². The average Bonchev–Trinajstić information content (AvgIpc) is 2.93. The van der Waals surface area contributed by atoms with Crippen LogP contribution < -0.4 is 5.32 Å².